The molecule has 1 N–H and O–H groups in total. The normalized spacial score (nSPS) is 15.1. The fraction of sp³-hybridized carbons (Fsp3) is 0.269. The number of benzene rings is 3. The van der Waals surface area contributed by atoms with Gasteiger partial charge in [-0.2, -0.15) is 4.31 Å². The fourth-order valence-electron chi connectivity index (χ4n) is 4.61. The predicted molar refractivity (Wildman–Crippen MR) is 134 cm³/mol. The number of nitrogens with zero attached hydrogens (tertiary/aromatic N) is 2. The van der Waals surface area contributed by atoms with Gasteiger partial charge in [0.2, 0.25) is 10.0 Å². The summed E-state index contributed by atoms with van der Waals surface area (Å²) in [7, 11) is -3.69. The van der Waals surface area contributed by atoms with Crippen LogP contribution in [-0.2, 0) is 21.3 Å². The fourth-order valence-corrected chi connectivity index (χ4v) is 6.05. The number of morpholine rings is 1. The number of fused-ring (bicyclic) bond motifs is 3. The van der Waals surface area contributed by atoms with E-state index in [0.29, 0.717) is 43.1 Å². The summed E-state index contributed by atoms with van der Waals surface area (Å²) >= 11 is 0. The van der Waals surface area contributed by atoms with Crippen LogP contribution in [0.1, 0.15) is 22.8 Å². The van der Waals surface area contributed by atoms with Gasteiger partial charge in [0.05, 0.1) is 18.1 Å². The first-order chi connectivity index (χ1) is 16.4. The third-order valence-corrected chi connectivity index (χ3v) is 8.30. The van der Waals surface area contributed by atoms with Gasteiger partial charge < -0.3 is 14.6 Å². The number of sulfonamides is 1. The lowest BCUT2D eigenvalue weighted by molar-refractivity contribution is 0.0730. The highest BCUT2D eigenvalue weighted by Gasteiger charge is 2.27. The van der Waals surface area contributed by atoms with Gasteiger partial charge in [-0.05, 0) is 55.8 Å². The molecule has 0 aliphatic carbocycles. The molecule has 2 heterocycles. The van der Waals surface area contributed by atoms with Gasteiger partial charge >= 0.3 is 0 Å². The van der Waals surface area contributed by atoms with E-state index in [-0.39, 0.29) is 10.8 Å². The molecule has 1 aromatic heterocycles. The molecule has 3 aromatic carbocycles. The van der Waals surface area contributed by atoms with Crippen LogP contribution in [0.4, 0.5) is 5.69 Å². The molecule has 0 bridgehead atoms. The molecule has 0 unspecified atom stereocenters. The Balaban J connectivity index is 1.47. The minimum atomic E-state index is -3.69. The van der Waals surface area contributed by atoms with Crippen LogP contribution >= 0.6 is 0 Å². The van der Waals surface area contributed by atoms with E-state index in [1.807, 2.05) is 30.3 Å². The van der Waals surface area contributed by atoms with Crippen LogP contribution in [0.5, 0.6) is 0 Å². The maximum absolute atomic E-state index is 13.2. The van der Waals surface area contributed by atoms with Gasteiger partial charge in [-0.15, -0.1) is 0 Å². The van der Waals surface area contributed by atoms with Crippen molar-refractivity contribution in [3.05, 3.63) is 71.8 Å². The molecule has 0 spiro atoms. The van der Waals surface area contributed by atoms with Crippen LogP contribution in [0.2, 0.25) is 0 Å². The summed E-state index contributed by atoms with van der Waals surface area (Å²) in [5.41, 5.74) is 3.97. The molecule has 0 saturated carbocycles. The molecular formula is C26H27N3O4S. The number of nitrogens with one attached hydrogen (secondary N) is 1. The number of amides is 1. The van der Waals surface area contributed by atoms with Crippen LogP contribution in [-0.4, -0.2) is 49.5 Å². The standard InChI is InChI=1S/C26H27N3O4S/c1-3-29-24-7-5-4-6-21(24)23-16-19(9-11-25(23)29)27-26(30)22-17-20(10-8-18(22)2)34(31,32)28-12-14-33-15-13-28/h4-11,16-17H,3,12-15H2,1-2H3,(H,27,30). The van der Waals surface area contributed by atoms with E-state index in [1.165, 1.54) is 10.4 Å². The number of aromatic nitrogens is 1. The maximum atomic E-state index is 13.2. The first kappa shape index (κ1) is 22.6. The first-order valence-corrected chi connectivity index (χ1v) is 12.8. The number of carbonyl (C=O) groups excluding carboxylic acids is 1. The summed E-state index contributed by atoms with van der Waals surface area (Å²) in [4.78, 5) is 13.3. The highest BCUT2D eigenvalue weighted by Crippen LogP contribution is 2.31. The number of ether oxygens (including phenoxy) is 1. The van der Waals surface area contributed by atoms with Crippen LogP contribution in [0.25, 0.3) is 21.8 Å². The molecule has 5 rings (SSSR count). The highest BCUT2D eigenvalue weighted by molar-refractivity contribution is 7.89. The number of rotatable bonds is 5. The third kappa shape index (κ3) is 3.87. The molecule has 176 valence electrons. The lowest BCUT2D eigenvalue weighted by Crippen LogP contribution is -2.40. The second-order valence-electron chi connectivity index (χ2n) is 8.44. The van der Waals surface area contributed by atoms with Crippen molar-refractivity contribution in [2.24, 2.45) is 0 Å². The Hall–Kier alpha value is -3.20. The second kappa shape index (κ2) is 8.87. The van der Waals surface area contributed by atoms with Gasteiger partial charge in [0.1, 0.15) is 0 Å². The molecule has 1 aliphatic heterocycles. The summed E-state index contributed by atoms with van der Waals surface area (Å²) in [6.45, 7) is 6.12. The molecule has 8 heteroatoms. The van der Waals surface area contributed by atoms with E-state index in [2.05, 4.69) is 28.9 Å². The number of hydrogen-bond acceptors (Lipinski definition) is 4. The SMILES string of the molecule is CCn1c2ccccc2c2cc(NC(=O)c3cc(S(=O)(=O)N4CCOCC4)ccc3C)ccc21. The summed E-state index contributed by atoms with van der Waals surface area (Å²) in [6.07, 6.45) is 0. The zero-order valence-corrected chi connectivity index (χ0v) is 20.1. The first-order valence-electron chi connectivity index (χ1n) is 11.4. The zero-order chi connectivity index (χ0) is 23.9. The molecule has 4 aromatic rings. The Morgan fingerprint density at radius 3 is 2.47 bits per heavy atom. The van der Waals surface area contributed by atoms with E-state index in [1.54, 1.807) is 19.1 Å². The molecule has 0 radical (unpaired) electrons. The van der Waals surface area contributed by atoms with Gasteiger partial charge in [-0.3, -0.25) is 4.79 Å². The lowest BCUT2D eigenvalue weighted by Gasteiger charge is -2.26. The van der Waals surface area contributed by atoms with Crippen molar-refractivity contribution in [1.82, 2.24) is 8.87 Å². The minimum absolute atomic E-state index is 0.117. The Morgan fingerprint density at radius 1 is 0.971 bits per heavy atom. The second-order valence-corrected chi connectivity index (χ2v) is 10.4. The lowest BCUT2D eigenvalue weighted by atomic mass is 10.1. The van der Waals surface area contributed by atoms with Gasteiger partial charge in [0.15, 0.2) is 0 Å². The predicted octanol–water partition coefficient (Wildman–Crippen LogP) is 4.40. The van der Waals surface area contributed by atoms with Gasteiger partial charge in [-0.1, -0.05) is 24.3 Å². The van der Waals surface area contributed by atoms with E-state index >= 15 is 0 Å². The summed E-state index contributed by atoms with van der Waals surface area (Å²) < 4.78 is 35.1. The Morgan fingerprint density at radius 2 is 1.71 bits per heavy atom. The number of para-hydroxylation sites is 1. The largest absolute Gasteiger partial charge is 0.379 e. The highest BCUT2D eigenvalue weighted by atomic mass is 32.2. The molecule has 0 atom stereocenters. The molecule has 1 aliphatic rings. The minimum Gasteiger partial charge on any atom is -0.379 e. The molecule has 1 saturated heterocycles. The maximum Gasteiger partial charge on any atom is 0.255 e. The van der Waals surface area contributed by atoms with Crippen molar-refractivity contribution >= 4 is 43.4 Å². The smallest absolute Gasteiger partial charge is 0.255 e. The van der Waals surface area contributed by atoms with E-state index in [9.17, 15) is 13.2 Å². The Bertz CT molecular complexity index is 1500. The quantitative estimate of drug-likeness (QED) is 0.462. The van der Waals surface area contributed by atoms with Gasteiger partial charge in [0.25, 0.3) is 5.91 Å². The van der Waals surface area contributed by atoms with E-state index < -0.39 is 10.0 Å². The summed E-state index contributed by atoms with van der Waals surface area (Å²) in [5.74, 6) is -0.338. The van der Waals surface area contributed by atoms with E-state index in [4.69, 9.17) is 4.74 Å². The average molecular weight is 478 g/mol. The van der Waals surface area contributed by atoms with Crippen molar-refractivity contribution in [3.63, 3.8) is 0 Å². The molecule has 7 nitrogen and oxygen atoms in total. The number of hydrogen-bond donors (Lipinski definition) is 1. The van der Waals surface area contributed by atoms with Crippen molar-refractivity contribution in [1.29, 1.82) is 0 Å². The number of aryl methyl sites for hydroxylation is 2. The van der Waals surface area contributed by atoms with Crippen molar-refractivity contribution in [3.8, 4) is 0 Å². The average Bonchev–Trinajstić information content (AvgIpc) is 3.17. The van der Waals surface area contributed by atoms with E-state index in [0.717, 1.165) is 28.4 Å². The molecule has 34 heavy (non-hydrogen) atoms. The number of anilines is 1. The Labute approximate surface area is 199 Å². The summed E-state index contributed by atoms with van der Waals surface area (Å²) in [5, 5.41) is 5.16. The van der Waals surface area contributed by atoms with Crippen molar-refractivity contribution in [2.75, 3.05) is 31.6 Å². The van der Waals surface area contributed by atoms with Crippen molar-refractivity contribution in [2.45, 2.75) is 25.3 Å². The van der Waals surface area contributed by atoms with Crippen LogP contribution in [0.3, 0.4) is 0 Å². The van der Waals surface area contributed by atoms with Gasteiger partial charge in [-0.25, -0.2) is 8.42 Å². The summed E-state index contributed by atoms with van der Waals surface area (Å²) in [6, 6.07) is 18.8. The zero-order valence-electron chi connectivity index (χ0n) is 19.2. The topological polar surface area (TPSA) is 80.6 Å². The van der Waals surface area contributed by atoms with Crippen molar-refractivity contribution < 1.29 is 17.9 Å². The number of carbonyl (C=O) groups is 1. The monoisotopic (exact) mass is 477 g/mol. The molecule has 1 amide bonds. The van der Waals surface area contributed by atoms with Gasteiger partial charge in [0, 0.05) is 52.7 Å². The molecular weight excluding hydrogens is 450 g/mol. The third-order valence-electron chi connectivity index (χ3n) is 6.41. The Kier molecular flexibility index (Phi) is 5.89. The van der Waals surface area contributed by atoms with Crippen LogP contribution in [0, 0.1) is 6.92 Å². The van der Waals surface area contributed by atoms with Crippen LogP contribution in [0.15, 0.2) is 65.6 Å². The van der Waals surface area contributed by atoms with Crippen LogP contribution < -0.4 is 5.32 Å². The molecule has 1 fully saturated rings.